The second-order valence-electron chi connectivity index (χ2n) is 9.94. The first kappa shape index (κ1) is 21.3. The maximum Gasteiger partial charge on any atom is 0.261 e. The van der Waals surface area contributed by atoms with E-state index < -0.39 is 0 Å². The number of nitrogens with one attached hydrogen (secondary N) is 1. The maximum atomic E-state index is 12.9. The highest BCUT2D eigenvalue weighted by Crippen LogP contribution is 2.42. The number of piperidine rings is 1. The number of likely N-dealkylation sites (tertiary alicyclic amines) is 1. The van der Waals surface area contributed by atoms with Gasteiger partial charge in [0.25, 0.3) is 5.91 Å². The highest BCUT2D eigenvalue weighted by atomic mass is 32.1. The molecule has 1 amide bonds. The maximum absolute atomic E-state index is 12.9. The summed E-state index contributed by atoms with van der Waals surface area (Å²) in [5.41, 5.74) is 1.77. The first-order valence-corrected chi connectivity index (χ1v) is 12.5. The van der Waals surface area contributed by atoms with Crippen molar-refractivity contribution in [2.24, 2.45) is 5.41 Å². The van der Waals surface area contributed by atoms with Gasteiger partial charge in [0.05, 0.1) is 10.5 Å². The van der Waals surface area contributed by atoms with E-state index in [1.807, 2.05) is 7.11 Å². The molecule has 0 radical (unpaired) electrons. The van der Waals surface area contributed by atoms with Gasteiger partial charge in [-0.25, -0.2) is 0 Å². The van der Waals surface area contributed by atoms with Gasteiger partial charge in [0, 0.05) is 43.6 Å². The molecule has 1 aromatic heterocycles. The van der Waals surface area contributed by atoms with Crippen LogP contribution in [0.4, 0.5) is 0 Å². The zero-order valence-corrected chi connectivity index (χ0v) is 19.2. The summed E-state index contributed by atoms with van der Waals surface area (Å²) >= 11 is 1.74. The van der Waals surface area contributed by atoms with Crippen molar-refractivity contribution in [2.45, 2.75) is 83.2 Å². The second-order valence-corrected chi connectivity index (χ2v) is 11.1. The zero-order valence-electron chi connectivity index (χ0n) is 18.4. The Hall–Kier alpha value is -0.910. The van der Waals surface area contributed by atoms with Crippen molar-refractivity contribution in [1.82, 2.24) is 10.2 Å². The smallest absolute Gasteiger partial charge is 0.261 e. The molecule has 1 saturated heterocycles. The number of hydrogen-bond acceptors (Lipinski definition) is 4. The monoisotopic (exact) mass is 418 g/mol. The number of fused-ring (bicyclic) bond motifs is 1. The number of amides is 1. The molecule has 0 atom stereocenters. The van der Waals surface area contributed by atoms with E-state index in [0.29, 0.717) is 0 Å². The number of aryl methyl sites for hydroxylation is 2. The molecule has 1 aliphatic heterocycles. The van der Waals surface area contributed by atoms with E-state index in [2.05, 4.69) is 23.2 Å². The molecule has 4 rings (SSSR count). The molecule has 2 fully saturated rings. The minimum Gasteiger partial charge on any atom is -0.378 e. The predicted molar refractivity (Wildman–Crippen MR) is 120 cm³/mol. The Bertz CT molecular complexity index is 676. The summed E-state index contributed by atoms with van der Waals surface area (Å²) in [6.07, 6.45) is 13.5. The van der Waals surface area contributed by atoms with Gasteiger partial charge in [-0.1, -0.05) is 19.3 Å². The third-order valence-electron chi connectivity index (χ3n) is 7.72. The summed E-state index contributed by atoms with van der Waals surface area (Å²) in [7, 11) is 1.84. The SMILES string of the molecule is COC1(C)CCN(CC2(CNC(=O)c3cc4c(s3)CCCCCC4)CCC2)CC1. The zero-order chi connectivity index (χ0) is 20.3. The van der Waals surface area contributed by atoms with Crippen molar-refractivity contribution in [1.29, 1.82) is 0 Å². The van der Waals surface area contributed by atoms with Crippen LogP contribution in [0.25, 0.3) is 0 Å². The first-order chi connectivity index (χ1) is 14.0. The van der Waals surface area contributed by atoms with Crippen molar-refractivity contribution < 1.29 is 9.53 Å². The highest BCUT2D eigenvalue weighted by Gasteiger charge is 2.40. The summed E-state index contributed by atoms with van der Waals surface area (Å²) in [5, 5.41) is 3.32. The minimum atomic E-state index is 0.0491. The summed E-state index contributed by atoms with van der Waals surface area (Å²) < 4.78 is 5.69. The number of methoxy groups -OCH3 is 1. The fourth-order valence-electron chi connectivity index (χ4n) is 5.24. The lowest BCUT2D eigenvalue weighted by molar-refractivity contribution is -0.0545. The molecule has 1 aromatic rings. The lowest BCUT2D eigenvalue weighted by Gasteiger charge is -2.48. The second kappa shape index (κ2) is 9.07. The average Bonchev–Trinajstić information content (AvgIpc) is 3.07. The van der Waals surface area contributed by atoms with Crippen molar-refractivity contribution in [3.63, 3.8) is 0 Å². The highest BCUT2D eigenvalue weighted by molar-refractivity contribution is 7.14. The van der Waals surface area contributed by atoms with Crippen LogP contribution in [0.5, 0.6) is 0 Å². The largest absolute Gasteiger partial charge is 0.378 e. The first-order valence-electron chi connectivity index (χ1n) is 11.7. The minimum absolute atomic E-state index is 0.0491. The number of ether oxygens (including phenoxy) is 1. The molecule has 4 nitrogen and oxygen atoms in total. The number of thiophene rings is 1. The summed E-state index contributed by atoms with van der Waals surface area (Å²) in [5.74, 6) is 0.152. The van der Waals surface area contributed by atoms with E-state index in [1.165, 1.54) is 55.4 Å². The lowest BCUT2D eigenvalue weighted by Crippen LogP contribution is -2.52. The number of carbonyl (C=O) groups is 1. The van der Waals surface area contributed by atoms with Gasteiger partial charge in [0.15, 0.2) is 0 Å². The van der Waals surface area contributed by atoms with Crippen LogP contribution in [0.15, 0.2) is 6.07 Å². The van der Waals surface area contributed by atoms with Gasteiger partial charge < -0.3 is 15.0 Å². The molecule has 3 aliphatic rings. The van der Waals surface area contributed by atoms with Crippen molar-refractivity contribution in [2.75, 3.05) is 33.3 Å². The molecule has 1 saturated carbocycles. The van der Waals surface area contributed by atoms with Crippen LogP contribution in [0.2, 0.25) is 0 Å². The summed E-state index contributed by atoms with van der Waals surface area (Å²) in [6, 6.07) is 2.18. The molecule has 162 valence electrons. The normalized spacial score (nSPS) is 24.1. The average molecular weight is 419 g/mol. The van der Waals surface area contributed by atoms with Crippen LogP contribution < -0.4 is 5.32 Å². The Morgan fingerprint density at radius 1 is 1.10 bits per heavy atom. The van der Waals surface area contributed by atoms with Gasteiger partial charge in [-0.15, -0.1) is 11.3 Å². The molecule has 0 aromatic carbocycles. The van der Waals surface area contributed by atoms with Crippen LogP contribution in [0, 0.1) is 5.41 Å². The van der Waals surface area contributed by atoms with Crippen LogP contribution in [-0.4, -0.2) is 49.7 Å². The van der Waals surface area contributed by atoms with E-state index in [9.17, 15) is 4.79 Å². The molecule has 5 heteroatoms. The fourth-order valence-corrected chi connectivity index (χ4v) is 6.41. The Morgan fingerprint density at radius 2 is 1.83 bits per heavy atom. The Morgan fingerprint density at radius 3 is 2.48 bits per heavy atom. The third-order valence-corrected chi connectivity index (χ3v) is 8.96. The van der Waals surface area contributed by atoms with E-state index in [4.69, 9.17) is 4.74 Å². The molecule has 29 heavy (non-hydrogen) atoms. The van der Waals surface area contributed by atoms with Crippen molar-refractivity contribution in [3.8, 4) is 0 Å². The van der Waals surface area contributed by atoms with Gasteiger partial charge >= 0.3 is 0 Å². The van der Waals surface area contributed by atoms with Gasteiger partial charge in [-0.3, -0.25) is 4.79 Å². The Kier molecular flexibility index (Phi) is 6.67. The van der Waals surface area contributed by atoms with Crippen LogP contribution in [-0.2, 0) is 17.6 Å². The van der Waals surface area contributed by atoms with E-state index >= 15 is 0 Å². The van der Waals surface area contributed by atoms with E-state index in [1.54, 1.807) is 11.3 Å². The molecule has 0 unspecified atom stereocenters. The quantitative estimate of drug-likeness (QED) is 0.721. The number of hydrogen-bond donors (Lipinski definition) is 1. The summed E-state index contributed by atoms with van der Waals surface area (Å²) in [6.45, 7) is 6.39. The Labute approximate surface area is 180 Å². The lowest BCUT2D eigenvalue weighted by atomic mass is 9.68. The molecular weight excluding hydrogens is 380 g/mol. The number of nitrogens with zero attached hydrogens (tertiary/aromatic N) is 1. The van der Waals surface area contributed by atoms with E-state index in [-0.39, 0.29) is 16.9 Å². The van der Waals surface area contributed by atoms with Gasteiger partial charge in [-0.05, 0) is 69.9 Å². The molecular formula is C24H38N2O2S. The predicted octanol–water partition coefficient (Wildman–Crippen LogP) is 4.81. The molecule has 0 spiro atoms. The Balaban J connectivity index is 1.31. The van der Waals surface area contributed by atoms with Crippen LogP contribution in [0.3, 0.4) is 0 Å². The van der Waals surface area contributed by atoms with Gasteiger partial charge in [0.1, 0.15) is 0 Å². The molecule has 2 heterocycles. The number of rotatable bonds is 6. The van der Waals surface area contributed by atoms with Crippen LogP contribution in [0.1, 0.15) is 84.8 Å². The molecule has 2 aliphatic carbocycles. The summed E-state index contributed by atoms with van der Waals surface area (Å²) in [4.78, 5) is 17.9. The van der Waals surface area contributed by atoms with E-state index in [0.717, 1.165) is 56.7 Å². The standard InChI is InChI=1S/C24H38N2O2S/c1-23(28-2)12-14-26(15-13-23)18-24(10-7-11-24)17-25-22(27)21-16-19-8-5-3-4-6-9-20(19)29-21/h16H,3-15,17-18H2,1-2H3,(H,25,27). The van der Waals surface area contributed by atoms with Gasteiger partial charge in [0.2, 0.25) is 0 Å². The molecule has 1 N–H and O–H groups in total. The third kappa shape index (κ3) is 5.05. The molecule has 0 bridgehead atoms. The van der Waals surface area contributed by atoms with Crippen LogP contribution >= 0.6 is 11.3 Å². The fraction of sp³-hybridized carbons (Fsp3) is 0.792. The van der Waals surface area contributed by atoms with Crippen molar-refractivity contribution >= 4 is 17.2 Å². The number of carbonyl (C=O) groups excluding carboxylic acids is 1. The van der Waals surface area contributed by atoms with Crippen molar-refractivity contribution in [3.05, 3.63) is 21.4 Å². The van der Waals surface area contributed by atoms with Gasteiger partial charge in [-0.2, -0.15) is 0 Å². The topological polar surface area (TPSA) is 41.6 Å².